The van der Waals surface area contributed by atoms with Crippen molar-refractivity contribution in [2.75, 3.05) is 7.11 Å². The number of aromatic hydroxyl groups is 1. The zero-order valence-corrected chi connectivity index (χ0v) is 7.97. The lowest BCUT2D eigenvalue weighted by Gasteiger charge is -2.03. The van der Waals surface area contributed by atoms with Crippen LogP contribution in [0.25, 0.3) is 10.9 Å². The number of carbonyl (C=O) groups is 1. The Bertz CT molecular complexity index is 526. The topological polar surface area (TPSA) is 72.3 Å². The number of methoxy groups -OCH3 is 1. The second kappa shape index (κ2) is 4.57. The summed E-state index contributed by atoms with van der Waals surface area (Å²) >= 11 is 0. The summed E-state index contributed by atoms with van der Waals surface area (Å²) in [5, 5.41) is 10.4. The van der Waals surface area contributed by atoms with Gasteiger partial charge in [0, 0.05) is 17.8 Å². The zero-order chi connectivity index (χ0) is 10.8. The van der Waals surface area contributed by atoms with Gasteiger partial charge in [0.2, 0.25) is 0 Å². The molecule has 5 heteroatoms. The van der Waals surface area contributed by atoms with E-state index in [0.29, 0.717) is 10.9 Å². The maximum atomic E-state index is 11.2. The summed E-state index contributed by atoms with van der Waals surface area (Å²) in [6, 6.07) is 3.47. The van der Waals surface area contributed by atoms with Crippen molar-refractivity contribution in [2.24, 2.45) is 0 Å². The number of carbonyl (C=O) groups excluding carboxylic acids is 1. The van der Waals surface area contributed by atoms with Crippen molar-refractivity contribution in [1.82, 2.24) is 9.97 Å². The molecular formula is C11H12N2O3. The van der Waals surface area contributed by atoms with Gasteiger partial charge in [0.05, 0.1) is 7.11 Å². The van der Waals surface area contributed by atoms with Crippen LogP contribution in [0, 0.1) is 0 Å². The highest BCUT2D eigenvalue weighted by Crippen LogP contribution is 2.24. The first-order valence-electron chi connectivity index (χ1n) is 4.25. The van der Waals surface area contributed by atoms with Crippen molar-refractivity contribution in [1.29, 1.82) is 0 Å². The van der Waals surface area contributed by atoms with Crippen LogP contribution in [0.5, 0.6) is 5.75 Å². The van der Waals surface area contributed by atoms with Crippen molar-refractivity contribution in [3.63, 3.8) is 0 Å². The molecule has 0 saturated heterocycles. The van der Waals surface area contributed by atoms with Gasteiger partial charge in [-0.3, -0.25) is 4.98 Å². The van der Waals surface area contributed by atoms with E-state index in [-0.39, 0.29) is 18.9 Å². The van der Waals surface area contributed by atoms with Gasteiger partial charge in [-0.1, -0.05) is 7.43 Å². The van der Waals surface area contributed by atoms with E-state index in [9.17, 15) is 9.90 Å². The fraction of sp³-hybridized carbons (Fsp3) is 0.182. The second-order valence-electron chi connectivity index (χ2n) is 2.89. The average molecular weight is 220 g/mol. The minimum atomic E-state index is -0.681. The van der Waals surface area contributed by atoms with E-state index in [2.05, 4.69) is 14.7 Å². The van der Waals surface area contributed by atoms with Crippen LogP contribution in [0.1, 0.15) is 17.9 Å². The van der Waals surface area contributed by atoms with Crippen LogP contribution >= 0.6 is 0 Å². The highest BCUT2D eigenvalue weighted by Gasteiger charge is 2.16. The van der Waals surface area contributed by atoms with E-state index in [4.69, 9.17) is 0 Å². The van der Waals surface area contributed by atoms with Gasteiger partial charge in [-0.25, -0.2) is 9.78 Å². The first kappa shape index (κ1) is 11.9. The molecule has 2 aromatic heterocycles. The lowest BCUT2D eigenvalue weighted by Crippen LogP contribution is -2.04. The number of hydrogen-bond donors (Lipinski definition) is 1. The molecule has 2 heterocycles. The molecule has 0 aromatic carbocycles. The van der Waals surface area contributed by atoms with Gasteiger partial charge < -0.3 is 9.84 Å². The number of rotatable bonds is 1. The molecule has 16 heavy (non-hydrogen) atoms. The largest absolute Gasteiger partial charge is 0.504 e. The van der Waals surface area contributed by atoms with Crippen LogP contribution < -0.4 is 0 Å². The number of hydrogen-bond acceptors (Lipinski definition) is 5. The quantitative estimate of drug-likeness (QED) is 0.741. The van der Waals surface area contributed by atoms with Crippen molar-refractivity contribution in [3.8, 4) is 5.75 Å². The lowest BCUT2D eigenvalue weighted by molar-refractivity contribution is 0.0591. The molecule has 0 bridgehead atoms. The standard InChI is InChI=1S/C10H8N2O3.CH4/c1-15-10(14)8-9(13)7-6(5-12-8)3-2-4-11-7;/h2-5,13H,1H3;1H4. The Labute approximate surface area is 92.7 Å². The van der Waals surface area contributed by atoms with Crippen LogP contribution in [-0.2, 0) is 4.74 Å². The molecule has 0 unspecified atom stereocenters. The maximum Gasteiger partial charge on any atom is 0.360 e. The number of pyridine rings is 2. The van der Waals surface area contributed by atoms with E-state index in [1.54, 1.807) is 12.1 Å². The molecule has 2 aromatic rings. The number of nitrogens with zero attached hydrogens (tertiary/aromatic N) is 2. The van der Waals surface area contributed by atoms with Crippen LogP contribution in [0.3, 0.4) is 0 Å². The molecule has 0 atom stereocenters. The van der Waals surface area contributed by atoms with Crippen molar-refractivity contribution in [2.45, 2.75) is 7.43 Å². The number of esters is 1. The molecule has 0 aliphatic carbocycles. The van der Waals surface area contributed by atoms with Crippen LogP contribution in [0.15, 0.2) is 24.5 Å². The predicted molar refractivity (Wildman–Crippen MR) is 59.3 cm³/mol. The Morgan fingerprint density at radius 2 is 2.19 bits per heavy atom. The highest BCUT2D eigenvalue weighted by molar-refractivity contribution is 5.97. The Balaban J connectivity index is 0.00000128. The van der Waals surface area contributed by atoms with E-state index in [1.807, 2.05) is 0 Å². The second-order valence-corrected chi connectivity index (χ2v) is 2.89. The van der Waals surface area contributed by atoms with Crippen LogP contribution in [-0.4, -0.2) is 28.2 Å². The molecule has 1 N–H and O–H groups in total. The maximum absolute atomic E-state index is 11.2. The summed E-state index contributed by atoms with van der Waals surface area (Å²) in [6.45, 7) is 0. The first-order valence-corrected chi connectivity index (χ1v) is 4.25. The zero-order valence-electron chi connectivity index (χ0n) is 7.97. The monoisotopic (exact) mass is 220 g/mol. The molecule has 2 rings (SSSR count). The molecule has 0 aliphatic heterocycles. The van der Waals surface area contributed by atoms with Gasteiger partial charge in [0.15, 0.2) is 11.4 Å². The molecule has 0 spiro atoms. The van der Waals surface area contributed by atoms with Gasteiger partial charge in [0.1, 0.15) is 5.52 Å². The van der Waals surface area contributed by atoms with E-state index in [1.165, 1.54) is 19.5 Å². The van der Waals surface area contributed by atoms with Gasteiger partial charge in [-0.15, -0.1) is 0 Å². The molecule has 0 radical (unpaired) electrons. The fourth-order valence-corrected chi connectivity index (χ4v) is 1.27. The first-order chi connectivity index (χ1) is 7.24. The van der Waals surface area contributed by atoms with E-state index in [0.717, 1.165) is 0 Å². The Morgan fingerprint density at radius 3 is 2.88 bits per heavy atom. The molecule has 0 saturated carbocycles. The number of aromatic nitrogens is 2. The molecule has 84 valence electrons. The smallest absolute Gasteiger partial charge is 0.360 e. The minimum Gasteiger partial charge on any atom is -0.504 e. The average Bonchev–Trinajstić information content (AvgIpc) is 2.29. The highest BCUT2D eigenvalue weighted by atomic mass is 16.5. The van der Waals surface area contributed by atoms with E-state index >= 15 is 0 Å². The summed E-state index contributed by atoms with van der Waals surface area (Å²) in [5.74, 6) is -0.931. The fourth-order valence-electron chi connectivity index (χ4n) is 1.27. The van der Waals surface area contributed by atoms with Crippen molar-refractivity contribution >= 4 is 16.9 Å². The van der Waals surface area contributed by atoms with Gasteiger partial charge in [0.25, 0.3) is 0 Å². The summed E-state index contributed by atoms with van der Waals surface area (Å²) in [4.78, 5) is 19.0. The number of fused-ring (bicyclic) bond motifs is 1. The van der Waals surface area contributed by atoms with Crippen molar-refractivity contribution < 1.29 is 14.6 Å². The molecular weight excluding hydrogens is 208 g/mol. The summed E-state index contributed by atoms with van der Waals surface area (Å²) in [6.07, 6.45) is 3.00. The van der Waals surface area contributed by atoms with Crippen molar-refractivity contribution in [3.05, 3.63) is 30.2 Å². The Hall–Kier alpha value is -2.17. The third-order valence-electron chi connectivity index (χ3n) is 2.00. The summed E-state index contributed by atoms with van der Waals surface area (Å²) in [7, 11) is 1.23. The Kier molecular flexibility index (Phi) is 3.40. The third kappa shape index (κ3) is 1.79. The van der Waals surface area contributed by atoms with E-state index < -0.39 is 5.97 Å². The molecule has 0 aliphatic rings. The van der Waals surface area contributed by atoms with Crippen LogP contribution in [0.2, 0.25) is 0 Å². The molecule has 5 nitrogen and oxygen atoms in total. The van der Waals surface area contributed by atoms with Gasteiger partial charge in [-0.2, -0.15) is 0 Å². The van der Waals surface area contributed by atoms with Gasteiger partial charge in [-0.05, 0) is 12.1 Å². The normalized spacial score (nSPS) is 9.56. The van der Waals surface area contributed by atoms with Gasteiger partial charge >= 0.3 is 5.97 Å². The molecule has 0 fully saturated rings. The Morgan fingerprint density at radius 1 is 1.44 bits per heavy atom. The van der Waals surface area contributed by atoms with Crippen LogP contribution in [0.4, 0.5) is 0 Å². The molecule has 0 amide bonds. The number of ether oxygens (including phenoxy) is 1. The summed E-state index contributed by atoms with van der Waals surface area (Å²) in [5.41, 5.74) is 0.219. The SMILES string of the molecule is C.COC(=O)c1ncc2cccnc2c1O. The third-order valence-corrected chi connectivity index (χ3v) is 2.00. The lowest BCUT2D eigenvalue weighted by atomic mass is 10.2. The minimum absolute atomic E-state index is 0. The predicted octanol–water partition coefficient (Wildman–Crippen LogP) is 1.76. The summed E-state index contributed by atoms with van der Waals surface area (Å²) < 4.78 is 4.48.